The molecule has 1 aromatic heterocycles. The van der Waals surface area contributed by atoms with E-state index in [1.54, 1.807) is 0 Å². The van der Waals surface area contributed by atoms with Crippen LogP contribution < -0.4 is 9.47 Å². The summed E-state index contributed by atoms with van der Waals surface area (Å²) in [6.45, 7) is 7.96. The van der Waals surface area contributed by atoms with Crippen LogP contribution in [0.15, 0.2) is 0 Å². The normalized spacial score (nSPS) is 14.7. The lowest BCUT2D eigenvalue weighted by atomic mass is 10.0. The topological polar surface area (TPSA) is 18.5 Å². The molecule has 0 atom stereocenters. The van der Waals surface area contributed by atoms with Crippen LogP contribution in [0.1, 0.15) is 42.4 Å². The van der Waals surface area contributed by atoms with Gasteiger partial charge in [-0.25, -0.2) is 0 Å². The number of ether oxygens (including phenoxy) is 2. The maximum atomic E-state index is 5.75. The first-order valence-electron chi connectivity index (χ1n) is 5.66. The van der Waals surface area contributed by atoms with Crippen molar-refractivity contribution in [3.63, 3.8) is 0 Å². The van der Waals surface area contributed by atoms with E-state index in [0.717, 1.165) is 11.5 Å². The lowest BCUT2D eigenvalue weighted by Crippen LogP contribution is -2.15. The summed E-state index contributed by atoms with van der Waals surface area (Å²) >= 11 is 1.84. The fourth-order valence-electron chi connectivity index (χ4n) is 2.05. The van der Waals surface area contributed by atoms with Crippen LogP contribution in [0.4, 0.5) is 0 Å². The summed E-state index contributed by atoms with van der Waals surface area (Å²) in [6.07, 6.45) is 2.35. The third-order valence-corrected chi connectivity index (χ3v) is 4.18. The molecule has 1 aliphatic heterocycles. The Morgan fingerprint density at radius 2 is 1.73 bits per heavy atom. The van der Waals surface area contributed by atoms with Gasteiger partial charge in [0.25, 0.3) is 0 Å². The van der Waals surface area contributed by atoms with E-state index < -0.39 is 0 Å². The minimum atomic E-state index is 0.624. The number of rotatable bonds is 3. The van der Waals surface area contributed by atoms with Crippen molar-refractivity contribution in [2.24, 2.45) is 0 Å². The summed E-state index contributed by atoms with van der Waals surface area (Å²) in [5.74, 6) is 2.64. The summed E-state index contributed by atoms with van der Waals surface area (Å²) in [6, 6.07) is 0. The molecule has 0 aliphatic carbocycles. The molecule has 15 heavy (non-hydrogen) atoms. The summed E-state index contributed by atoms with van der Waals surface area (Å²) in [5, 5.41) is 0. The van der Waals surface area contributed by atoms with E-state index in [-0.39, 0.29) is 0 Å². The van der Waals surface area contributed by atoms with E-state index in [9.17, 15) is 0 Å². The zero-order valence-electron chi connectivity index (χ0n) is 9.63. The second-order valence-electron chi connectivity index (χ2n) is 3.89. The Morgan fingerprint density at radius 3 is 2.33 bits per heavy atom. The maximum Gasteiger partial charge on any atom is 0.175 e. The van der Waals surface area contributed by atoms with Gasteiger partial charge >= 0.3 is 0 Å². The van der Waals surface area contributed by atoms with Crippen molar-refractivity contribution in [3.05, 3.63) is 9.75 Å². The van der Waals surface area contributed by atoms with Crippen molar-refractivity contribution in [1.82, 2.24) is 0 Å². The van der Waals surface area contributed by atoms with Gasteiger partial charge in [-0.1, -0.05) is 13.8 Å². The van der Waals surface area contributed by atoms with Crippen LogP contribution in [0.5, 0.6) is 11.5 Å². The van der Waals surface area contributed by atoms with Crippen LogP contribution in [-0.2, 0) is 0 Å². The predicted octanol–water partition coefficient (Wildman–Crippen LogP) is 3.73. The highest BCUT2D eigenvalue weighted by Gasteiger charge is 2.25. The van der Waals surface area contributed by atoms with E-state index in [4.69, 9.17) is 9.47 Å². The fraction of sp³-hybridized carbons (Fsp3) is 0.667. The first-order valence-corrected chi connectivity index (χ1v) is 6.48. The third-order valence-electron chi connectivity index (χ3n) is 2.95. The Hall–Kier alpha value is -0.700. The molecule has 2 rings (SSSR count). The van der Waals surface area contributed by atoms with E-state index in [0.29, 0.717) is 19.1 Å². The van der Waals surface area contributed by atoms with Gasteiger partial charge in [0.05, 0.1) is 4.88 Å². The summed E-state index contributed by atoms with van der Waals surface area (Å²) in [5.41, 5.74) is 0. The molecule has 1 aromatic rings. The number of hydrogen-bond acceptors (Lipinski definition) is 3. The molecule has 2 heterocycles. The molecule has 0 fully saturated rings. The number of thiophene rings is 1. The van der Waals surface area contributed by atoms with E-state index in [2.05, 4.69) is 20.8 Å². The zero-order valence-corrected chi connectivity index (χ0v) is 10.4. The molecule has 0 saturated heterocycles. The van der Waals surface area contributed by atoms with Crippen molar-refractivity contribution in [2.45, 2.75) is 39.5 Å². The second-order valence-corrected chi connectivity index (χ2v) is 5.15. The first-order chi connectivity index (χ1) is 7.27. The van der Waals surface area contributed by atoms with Crippen molar-refractivity contribution >= 4 is 11.3 Å². The third kappa shape index (κ3) is 1.85. The van der Waals surface area contributed by atoms with Gasteiger partial charge in [0.1, 0.15) is 13.2 Å². The maximum absolute atomic E-state index is 5.75. The number of hydrogen-bond donors (Lipinski definition) is 0. The van der Waals surface area contributed by atoms with E-state index in [1.165, 1.54) is 22.6 Å². The van der Waals surface area contributed by atoms with Gasteiger partial charge in [-0.15, -0.1) is 11.3 Å². The number of aryl methyl sites for hydroxylation is 1. The Kier molecular flexibility index (Phi) is 3.19. The van der Waals surface area contributed by atoms with Crippen molar-refractivity contribution in [2.75, 3.05) is 13.2 Å². The molecular formula is C12H18O2S. The van der Waals surface area contributed by atoms with Crippen LogP contribution in [0, 0.1) is 6.92 Å². The molecule has 0 N–H and O–H groups in total. The molecule has 0 aromatic carbocycles. The standard InChI is InChI=1S/C12H18O2S/c1-4-9(5-2)12-11-10(8(3)15-12)13-6-7-14-11/h9H,4-7H2,1-3H3. The zero-order chi connectivity index (χ0) is 10.8. The van der Waals surface area contributed by atoms with Gasteiger partial charge in [0.15, 0.2) is 11.5 Å². The Morgan fingerprint density at radius 1 is 1.13 bits per heavy atom. The Bertz CT molecular complexity index is 340. The second kappa shape index (κ2) is 4.44. The predicted molar refractivity (Wildman–Crippen MR) is 63.4 cm³/mol. The average Bonchev–Trinajstić information content (AvgIpc) is 2.60. The molecule has 3 heteroatoms. The minimum Gasteiger partial charge on any atom is -0.485 e. The van der Waals surface area contributed by atoms with Crippen molar-refractivity contribution in [1.29, 1.82) is 0 Å². The van der Waals surface area contributed by atoms with E-state index >= 15 is 0 Å². The largest absolute Gasteiger partial charge is 0.485 e. The van der Waals surface area contributed by atoms with Gasteiger partial charge in [-0.2, -0.15) is 0 Å². The SMILES string of the molecule is CCC(CC)c1sc(C)c2c1OCCO2. The van der Waals surface area contributed by atoms with Crippen LogP contribution in [0.2, 0.25) is 0 Å². The summed E-state index contributed by atoms with van der Waals surface area (Å²) in [7, 11) is 0. The van der Waals surface area contributed by atoms with Crippen molar-refractivity contribution < 1.29 is 9.47 Å². The number of fused-ring (bicyclic) bond motifs is 1. The van der Waals surface area contributed by atoms with Gasteiger partial charge in [0, 0.05) is 4.88 Å². The minimum absolute atomic E-state index is 0.624. The molecule has 1 aliphatic rings. The Balaban J connectivity index is 2.39. The molecule has 2 nitrogen and oxygen atoms in total. The summed E-state index contributed by atoms with van der Waals surface area (Å²) in [4.78, 5) is 2.64. The summed E-state index contributed by atoms with van der Waals surface area (Å²) < 4.78 is 11.4. The molecule has 0 saturated carbocycles. The van der Waals surface area contributed by atoms with Crippen molar-refractivity contribution in [3.8, 4) is 11.5 Å². The molecule has 0 unspecified atom stereocenters. The first kappa shape index (κ1) is 10.8. The van der Waals surface area contributed by atoms with Crippen LogP contribution in [-0.4, -0.2) is 13.2 Å². The molecule has 84 valence electrons. The van der Waals surface area contributed by atoms with Gasteiger partial charge < -0.3 is 9.47 Å². The van der Waals surface area contributed by atoms with Crippen LogP contribution >= 0.6 is 11.3 Å². The highest BCUT2D eigenvalue weighted by Crippen LogP contribution is 2.48. The van der Waals surface area contributed by atoms with Crippen LogP contribution in [0.25, 0.3) is 0 Å². The van der Waals surface area contributed by atoms with Crippen LogP contribution in [0.3, 0.4) is 0 Å². The monoisotopic (exact) mass is 226 g/mol. The molecule has 0 radical (unpaired) electrons. The lowest BCUT2D eigenvalue weighted by molar-refractivity contribution is 0.170. The molecule has 0 spiro atoms. The van der Waals surface area contributed by atoms with Gasteiger partial charge in [-0.3, -0.25) is 0 Å². The molecule has 0 bridgehead atoms. The van der Waals surface area contributed by atoms with Gasteiger partial charge in [0.2, 0.25) is 0 Å². The average molecular weight is 226 g/mol. The fourth-order valence-corrected chi connectivity index (χ4v) is 3.37. The lowest BCUT2D eigenvalue weighted by Gasteiger charge is -2.19. The molecule has 0 amide bonds. The quantitative estimate of drug-likeness (QED) is 0.782. The highest BCUT2D eigenvalue weighted by atomic mass is 32.1. The smallest absolute Gasteiger partial charge is 0.175 e. The Labute approximate surface area is 95.2 Å². The van der Waals surface area contributed by atoms with Gasteiger partial charge in [-0.05, 0) is 25.7 Å². The molecular weight excluding hydrogens is 208 g/mol. The highest BCUT2D eigenvalue weighted by molar-refractivity contribution is 7.12. The van der Waals surface area contributed by atoms with E-state index in [1.807, 2.05) is 11.3 Å².